The zero-order valence-corrected chi connectivity index (χ0v) is 14.7. The van der Waals surface area contributed by atoms with E-state index in [2.05, 4.69) is 4.98 Å². The lowest BCUT2D eigenvalue weighted by atomic mass is 10.1. The summed E-state index contributed by atoms with van der Waals surface area (Å²) in [5.74, 6) is 0.293. The highest BCUT2D eigenvalue weighted by Gasteiger charge is 2.33. The van der Waals surface area contributed by atoms with Crippen molar-refractivity contribution >= 4 is 22.5 Å². The van der Waals surface area contributed by atoms with Gasteiger partial charge in [-0.25, -0.2) is 4.98 Å². The van der Waals surface area contributed by atoms with Gasteiger partial charge >= 0.3 is 0 Å². The Morgan fingerprint density at radius 1 is 1.19 bits per heavy atom. The van der Waals surface area contributed by atoms with Crippen molar-refractivity contribution < 1.29 is 14.5 Å². The minimum atomic E-state index is -0.473. The Hall–Kier alpha value is -3.48. The van der Waals surface area contributed by atoms with E-state index in [0.29, 0.717) is 30.1 Å². The van der Waals surface area contributed by atoms with Crippen LogP contribution in [0, 0.1) is 17.0 Å². The largest absolute Gasteiger partial charge is 0.471 e. The average Bonchev–Trinajstić information content (AvgIpc) is 2.64. The molecule has 0 N–H and O–H groups in total. The van der Waals surface area contributed by atoms with Crippen LogP contribution in [0.2, 0.25) is 0 Å². The molecule has 7 heteroatoms. The summed E-state index contributed by atoms with van der Waals surface area (Å²) in [6.07, 6.45) is -0.136. The van der Waals surface area contributed by atoms with Crippen LogP contribution in [-0.2, 0) is 0 Å². The Kier molecular flexibility index (Phi) is 4.19. The SMILES string of the molecule is Cc1ccc(C(=O)N2CC(Oc3ccc4ccccc4n3)C2)cc1[N+](=O)[O-]. The van der Waals surface area contributed by atoms with Gasteiger partial charge in [0.05, 0.1) is 23.5 Å². The third-order valence-corrected chi connectivity index (χ3v) is 4.65. The van der Waals surface area contributed by atoms with Crippen LogP contribution in [0.15, 0.2) is 54.6 Å². The lowest BCUT2D eigenvalue weighted by Crippen LogP contribution is -2.56. The topological polar surface area (TPSA) is 85.6 Å². The van der Waals surface area contributed by atoms with Crippen molar-refractivity contribution in [3.63, 3.8) is 0 Å². The number of nitro benzene ring substituents is 1. The van der Waals surface area contributed by atoms with Crippen molar-refractivity contribution in [2.45, 2.75) is 13.0 Å². The van der Waals surface area contributed by atoms with Crippen molar-refractivity contribution in [2.75, 3.05) is 13.1 Å². The molecular formula is C20H17N3O4. The van der Waals surface area contributed by atoms with Gasteiger partial charge in [0.15, 0.2) is 0 Å². The Balaban J connectivity index is 1.40. The molecule has 3 aromatic rings. The second kappa shape index (κ2) is 6.68. The minimum absolute atomic E-state index is 0.0467. The Bertz CT molecular complexity index is 1040. The number of para-hydroxylation sites is 1. The summed E-state index contributed by atoms with van der Waals surface area (Å²) >= 11 is 0. The summed E-state index contributed by atoms with van der Waals surface area (Å²) < 4.78 is 5.84. The molecule has 0 spiro atoms. The molecule has 2 heterocycles. The predicted octanol–water partition coefficient (Wildman–Crippen LogP) is 3.35. The van der Waals surface area contributed by atoms with E-state index >= 15 is 0 Å². The highest BCUT2D eigenvalue weighted by atomic mass is 16.6. The first kappa shape index (κ1) is 17.0. The summed E-state index contributed by atoms with van der Waals surface area (Å²) in [5.41, 5.74) is 1.65. The van der Waals surface area contributed by atoms with Crippen LogP contribution >= 0.6 is 0 Å². The lowest BCUT2D eigenvalue weighted by Gasteiger charge is -2.38. The monoisotopic (exact) mass is 363 g/mol. The number of amides is 1. The predicted molar refractivity (Wildman–Crippen MR) is 99.9 cm³/mol. The standard InChI is InChI=1S/C20H17N3O4/c1-13-6-7-15(10-18(13)23(25)26)20(24)22-11-16(12-22)27-19-9-8-14-4-2-3-5-17(14)21-19/h2-10,16H,11-12H2,1H3. The summed E-state index contributed by atoms with van der Waals surface area (Å²) in [6, 6.07) is 16.1. The first-order valence-corrected chi connectivity index (χ1v) is 8.58. The molecule has 27 heavy (non-hydrogen) atoms. The zero-order chi connectivity index (χ0) is 19.0. The number of ether oxygens (including phenoxy) is 1. The van der Waals surface area contributed by atoms with Gasteiger partial charge in [0.1, 0.15) is 6.10 Å². The number of nitro groups is 1. The van der Waals surface area contributed by atoms with E-state index < -0.39 is 4.92 Å². The van der Waals surface area contributed by atoms with E-state index in [9.17, 15) is 14.9 Å². The van der Waals surface area contributed by atoms with Gasteiger partial charge in [0.25, 0.3) is 11.6 Å². The maximum atomic E-state index is 12.5. The van der Waals surface area contributed by atoms with Crippen LogP contribution in [0.3, 0.4) is 0 Å². The fourth-order valence-corrected chi connectivity index (χ4v) is 3.08. The molecule has 136 valence electrons. The van der Waals surface area contributed by atoms with E-state index in [4.69, 9.17) is 4.74 Å². The Morgan fingerprint density at radius 3 is 2.74 bits per heavy atom. The van der Waals surface area contributed by atoms with Gasteiger partial charge < -0.3 is 9.64 Å². The van der Waals surface area contributed by atoms with Crippen molar-refractivity contribution in [2.24, 2.45) is 0 Å². The summed E-state index contributed by atoms with van der Waals surface area (Å²) in [6.45, 7) is 2.50. The number of fused-ring (bicyclic) bond motifs is 1. The maximum absolute atomic E-state index is 12.5. The molecule has 1 aliphatic heterocycles. The Labute approximate surface area is 155 Å². The van der Waals surface area contributed by atoms with Crippen molar-refractivity contribution in [1.29, 1.82) is 0 Å². The molecule has 0 bridgehead atoms. The Morgan fingerprint density at radius 2 is 1.96 bits per heavy atom. The number of nitrogens with zero attached hydrogens (tertiary/aromatic N) is 3. The number of pyridine rings is 1. The average molecular weight is 363 g/mol. The second-order valence-corrected chi connectivity index (χ2v) is 6.55. The van der Waals surface area contributed by atoms with Crippen LogP contribution in [0.5, 0.6) is 5.88 Å². The van der Waals surface area contributed by atoms with Crippen molar-refractivity contribution in [3.8, 4) is 5.88 Å². The zero-order valence-electron chi connectivity index (χ0n) is 14.7. The number of rotatable bonds is 4. The van der Waals surface area contributed by atoms with Crippen LogP contribution in [0.4, 0.5) is 5.69 Å². The van der Waals surface area contributed by atoms with Crippen LogP contribution < -0.4 is 4.74 Å². The first-order valence-electron chi connectivity index (χ1n) is 8.58. The molecule has 0 unspecified atom stereocenters. The van der Waals surface area contributed by atoms with Gasteiger partial charge in [0, 0.05) is 28.6 Å². The van der Waals surface area contributed by atoms with Crippen molar-refractivity contribution in [1.82, 2.24) is 9.88 Å². The van der Waals surface area contributed by atoms with E-state index in [1.54, 1.807) is 24.0 Å². The molecule has 0 radical (unpaired) electrons. The molecule has 1 saturated heterocycles. The molecule has 1 amide bonds. The van der Waals surface area contributed by atoms with Gasteiger partial charge in [0.2, 0.25) is 5.88 Å². The molecule has 0 aliphatic carbocycles. The quantitative estimate of drug-likeness (QED) is 0.524. The van der Waals surface area contributed by atoms with Gasteiger partial charge in [-0.3, -0.25) is 14.9 Å². The first-order chi connectivity index (χ1) is 13.0. The van der Waals surface area contributed by atoms with Gasteiger partial charge in [-0.15, -0.1) is 0 Å². The number of likely N-dealkylation sites (tertiary alicyclic amines) is 1. The molecular weight excluding hydrogens is 346 g/mol. The smallest absolute Gasteiger partial charge is 0.273 e. The molecule has 0 atom stereocenters. The second-order valence-electron chi connectivity index (χ2n) is 6.55. The third kappa shape index (κ3) is 3.31. The fraction of sp³-hybridized carbons (Fsp3) is 0.200. The number of benzene rings is 2. The molecule has 1 aliphatic rings. The van der Waals surface area contributed by atoms with Crippen molar-refractivity contribution in [3.05, 3.63) is 75.8 Å². The van der Waals surface area contributed by atoms with Gasteiger partial charge in [-0.2, -0.15) is 0 Å². The number of carbonyl (C=O) groups excluding carboxylic acids is 1. The molecule has 1 fully saturated rings. The van der Waals surface area contributed by atoms with E-state index in [1.807, 2.05) is 36.4 Å². The third-order valence-electron chi connectivity index (χ3n) is 4.65. The van der Waals surface area contributed by atoms with E-state index in [0.717, 1.165) is 10.9 Å². The summed E-state index contributed by atoms with van der Waals surface area (Å²) in [4.78, 5) is 29.2. The highest BCUT2D eigenvalue weighted by Crippen LogP contribution is 2.24. The molecule has 0 saturated carbocycles. The molecule has 4 rings (SSSR count). The maximum Gasteiger partial charge on any atom is 0.273 e. The van der Waals surface area contributed by atoms with E-state index in [1.165, 1.54) is 6.07 Å². The summed E-state index contributed by atoms with van der Waals surface area (Å²) in [5, 5.41) is 12.1. The van der Waals surface area contributed by atoms with Crippen LogP contribution in [0.1, 0.15) is 15.9 Å². The van der Waals surface area contributed by atoms with Gasteiger partial charge in [-0.1, -0.05) is 24.3 Å². The molecule has 7 nitrogen and oxygen atoms in total. The normalized spacial score (nSPS) is 14.0. The highest BCUT2D eigenvalue weighted by molar-refractivity contribution is 5.95. The number of carbonyl (C=O) groups is 1. The lowest BCUT2D eigenvalue weighted by molar-refractivity contribution is -0.385. The minimum Gasteiger partial charge on any atom is -0.471 e. The fourth-order valence-electron chi connectivity index (χ4n) is 3.08. The number of aryl methyl sites for hydroxylation is 1. The molecule has 1 aromatic heterocycles. The number of hydrogen-bond donors (Lipinski definition) is 0. The number of hydrogen-bond acceptors (Lipinski definition) is 5. The van der Waals surface area contributed by atoms with E-state index in [-0.39, 0.29) is 17.7 Å². The van der Waals surface area contributed by atoms with Crippen LogP contribution in [0.25, 0.3) is 10.9 Å². The molecule has 2 aromatic carbocycles. The number of aromatic nitrogens is 1. The summed E-state index contributed by atoms with van der Waals surface area (Å²) in [7, 11) is 0. The van der Waals surface area contributed by atoms with Crippen LogP contribution in [-0.4, -0.2) is 39.9 Å². The van der Waals surface area contributed by atoms with Gasteiger partial charge in [-0.05, 0) is 25.1 Å².